The molecule has 162 valence electrons. The molecule has 0 spiro atoms. The van der Waals surface area contributed by atoms with Crippen LogP contribution in [0.25, 0.3) is 16.9 Å². The summed E-state index contributed by atoms with van der Waals surface area (Å²) in [6, 6.07) is 10.9. The topological polar surface area (TPSA) is 84.2 Å². The summed E-state index contributed by atoms with van der Waals surface area (Å²) in [7, 11) is 0. The summed E-state index contributed by atoms with van der Waals surface area (Å²) < 4.78 is 14.7. The van der Waals surface area contributed by atoms with Gasteiger partial charge in [-0.2, -0.15) is 9.78 Å². The van der Waals surface area contributed by atoms with Gasteiger partial charge in [0.1, 0.15) is 11.4 Å². The number of halogens is 3. The molecule has 3 rings (SSSR count). The van der Waals surface area contributed by atoms with Crippen LogP contribution in [0.4, 0.5) is 4.39 Å². The predicted molar refractivity (Wildman–Crippen MR) is 118 cm³/mol. The molecule has 1 atom stereocenters. The Morgan fingerprint density at radius 3 is 2.52 bits per heavy atom. The second-order valence-corrected chi connectivity index (χ2v) is 8.09. The quantitative estimate of drug-likeness (QED) is 0.576. The Morgan fingerprint density at radius 2 is 1.90 bits per heavy atom. The number of aromatic nitrogens is 2. The largest absolute Gasteiger partial charge is 0.394 e. The molecule has 0 saturated carbocycles. The number of nitrogens with zero attached hydrogens (tertiary/aromatic N) is 2. The van der Waals surface area contributed by atoms with Crippen LogP contribution >= 0.6 is 23.2 Å². The number of carbonyl (C=O) groups excluding carboxylic acids is 1. The average molecular weight is 464 g/mol. The summed E-state index contributed by atoms with van der Waals surface area (Å²) in [5.74, 6) is -1.29. The number of benzene rings is 2. The van der Waals surface area contributed by atoms with E-state index in [-0.39, 0.29) is 34.5 Å². The first-order valence-corrected chi connectivity index (χ1v) is 10.2. The molecule has 1 aromatic heterocycles. The fourth-order valence-electron chi connectivity index (χ4n) is 2.91. The van der Waals surface area contributed by atoms with Gasteiger partial charge in [0.05, 0.1) is 34.1 Å². The number of hydrogen-bond acceptors (Lipinski definition) is 4. The van der Waals surface area contributed by atoms with Crippen LogP contribution in [0.2, 0.25) is 10.0 Å². The third-order valence-corrected chi connectivity index (χ3v) is 5.48. The Labute approximate surface area is 188 Å². The molecule has 0 bridgehead atoms. The lowest BCUT2D eigenvalue weighted by Crippen LogP contribution is -2.43. The van der Waals surface area contributed by atoms with E-state index in [0.717, 1.165) is 10.7 Å². The average Bonchev–Trinajstić information content (AvgIpc) is 2.73. The van der Waals surface area contributed by atoms with Crippen molar-refractivity contribution in [1.82, 2.24) is 15.1 Å². The molecule has 9 heteroatoms. The van der Waals surface area contributed by atoms with Gasteiger partial charge in [0.2, 0.25) is 0 Å². The van der Waals surface area contributed by atoms with Gasteiger partial charge in [-0.15, -0.1) is 0 Å². The summed E-state index contributed by atoms with van der Waals surface area (Å²) in [4.78, 5) is 26.0. The van der Waals surface area contributed by atoms with Crippen molar-refractivity contribution in [3.8, 4) is 16.9 Å². The van der Waals surface area contributed by atoms with E-state index < -0.39 is 23.3 Å². The number of amides is 1. The minimum atomic E-state index is -0.729. The van der Waals surface area contributed by atoms with E-state index in [1.807, 2.05) is 13.8 Å². The Morgan fingerprint density at radius 1 is 1.16 bits per heavy atom. The molecule has 1 unspecified atom stereocenters. The first-order chi connectivity index (χ1) is 14.7. The van der Waals surface area contributed by atoms with E-state index in [1.165, 1.54) is 24.3 Å². The van der Waals surface area contributed by atoms with Crippen LogP contribution in [0.5, 0.6) is 0 Å². The molecular formula is C22H20Cl2FN3O3. The Kier molecular flexibility index (Phi) is 7.10. The van der Waals surface area contributed by atoms with E-state index in [9.17, 15) is 19.1 Å². The smallest absolute Gasteiger partial charge is 0.284 e. The van der Waals surface area contributed by atoms with Crippen LogP contribution in [0.1, 0.15) is 24.2 Å². The molecule has 1 heterocycles. The summed E-state index contributed by atoms with van der Waals surface area (Å²) in [6.07, 6.45) is 0. The SMILES string of the molecule is CC(C)C(CO)NC(=O)c1cc(-c2ccc(Cl)c(Cl)c2)nn(-c2cccc(F)c2)c1=O. The zero-order chi connectivity index (χ0) is 22.7. The van der Waals surface area contributed by atoms with Crippen LogP contribution in [-0.4, -0.2) is 33.4 Å². The van der Waals surface area contributed by atoms with Gasteiger partial charge in [-0.05, 0) is 42.3 Å². The van der Waals surface area contributed by atoms with Crippen molar-refractivity contribution in [2.75, 3.05) is 6.61 Å². The van der Waals surface area contributed by atoms with E-state index in [4.69, 9.17) is 23.2 Å². The number of hydrogen-bond donors (Lipinski definition) is 2. The van der Waals surface area contributed by atoms with Crippen molar-refractivity contribution in [3.63, 3.8) is 0 Å². The molecule has 3 aromatic rings. The van der Waals surface area contributed by atoms with E-state index in [1.54, 1.807) is 18.2 Å². The molecule has 6 nitrogen and oxygen atoms in total. The second kappa shape index (κ2) is 9.60. The van der Waals surface area contributed by atoms with Gasteiger partial charge in [0.25, 0.3) is 11.5 Å². The Hall–Kier alpha value is -2.74. The molecule has 0 saturated heterocycles. The highest BCUT2D eigenvalue weighted by Gasteiger charge is 2.22. The highest BCUT2D eigenvalue weighted by molar-refractivity contribution is 6.42. The molecule has 2 aromatic carbocycles. The normalized spacial score (nSPS) is 12.1. The Bertz CT molecular complexity index is 1180. The van der Waals surface area contributed by atoms with Gasteiger partial charge in [-0.1, -0.05) is 49.2 Å². The van der Waals surface area contributed by atoms with E-state index >= 15 is 0 Å². The van der Waals surface area contributed by atoms with E-state index in [0.29, 0.717) is 10.6 Å². The lowest BCUT2D eigenvalue weighted by atomic mass is 10.0. The van der Waals surface area contributed by atoms with Gasteiger partial charge in [0.15, 0.2) is 0 Å². The first kappa shape index (κ1) is 22.9. The molecular weight excluding hydrogens is 444 g/mol. The standard InChI is InChI=1S/C22H20Cl2FN3O3/c1-12(2)20(11-29)26-21(30)16-10-19(13-6-7-17(23)18(24)8-13)27-28(22(16)31)15-5-3-4-14(25)9-15/h3-10,12,20,29H,11H2,1-2H3,(H,26,30). The van der Waals surface area contributed by atoms with Gasteiger partial charge >= 0.3 is 0 Å². The first-order valence-electron chi connectivity index (χ1n) is 9.48. The van der Waals surface area contributed by atoms with Crippen molar-refractivity contribution in [1.29, 1.82) is 0 Å². The maximum Gasteiger partial charge on any atom is 0.284 e. The van der Waals surface area contributed by atoms with Gasteiger partial charge in [-0.3, -0.25) is 9.59 Å². The van der Waals surface area contributed by atoms with Crippen LogP contribution < -0.4 is 10.9 Å². The molecule has 2 N–H and O–H groups in total. The molecule has 1 amide bonds. The van der Waals surface area contributed by atoms with Gasteiger partial charge in [0, 0.05) is 5.56 Å². The van der Waals surface area contributed by atoms with Gasteiger partial charge in [-0.25, -0.2) is 4.39 Å². The summed E-state index contributed by atoms with van der Waals surface area (Å²) in [5, 5.41) is 17.1. The van der Waals surface area contributed by atoms with E-state index in [2.05, 4.69) is 10.4 Å². The fourth-order valence-corrected chi connectivity index (χ4v) is 3.20. The lowest BCUT2D eigenvalue weighted by Gasteiger charge is -2.20. The lowest BCUT2D eigenvalue weighted by molar-refractivity contribution is 0.0894. The summed E-state index contributed by atoms with van der Waals surface area (Å²) in [6.45, 7) is 3.38. The second-order valence-electron chi connectivity index (χ2n) is 7.28. The zero-order valence-electron chi connectivity index (χ0n) is 16.8. The van der Waals surface area contributed by atoms with Crippen molar-refractivity contribution >= 4 is 29.1 Å². The number of nitrogens with one attached hydrogen (secondary N) is 1. The minimum absolute atomic E-state index is 0.0595. The van der Waals surface area contributed by atoms with Gasteiger partial charge < -0.3 is 10.4 Å². The number of carbonyl (C=O) groups is 1. The van der Waals surface area contributed by atoms with Crippen molar-refractivity contribution in [2.45, 2.75) is 19.9 Å². The fraction of sp³-hybridized carbons (Fsp3) is 0.227. The maximum atomic E-state index is 13.8. The summed E-state index contributed by atoms with van der Waals surface area (Å²) in [5.41, 5.74) is -0.0100. The minimum Gasteiger partial charge on any atom is -0.394 e. The Balaban J connectivity index is 2.19. The molecule has 31 heavy (non-hydrogen) atoms. The molecule has 0 aliphatic heterocycles. The molecule has 0 radical (unpaired) electrons. The van der Waals surface area contributed by atoms with Crippen molar-refractivity contribution in [2.24, 2.45) is 5.92 Å². The van der Waals surface area contributed by atoms with Crippen LogP contribution in [0.15, 0.2) is 53.3 Å². The van der Waals surface area contributed by atoms with Crippen molar-refractivity contribution in [3.05, 3.63) is 80.3 Å². The third-order valence-electron chi connectivity index (χ3n) is 4.74. The molecule has 0 aliphatic carbocycles. The third kappa shape index (κ3) is 5.12. The van der Waals surface area contributed by atoms with Crippen LogP contribution in [0, 0.1) is 11.7 Å². The van der Waals surface area contributed by atoms with Crippen LogP contribution in [-0.2, 0) is 0 Å². The summed E-state index contributed by atoms with van der Waals surface area (Å²) >= 11 is 12.1. The number of aliphatic hydroxyl groups excluding tert-OH is 1. The van der Waals surface area contributed by atoms with Crippen molar-refractivity contribution < 1.29 is 14.3 Å². The maximum absolute atomic E-state index is 13.8. The zero-order valence-corrected chi connectivity index (χ0v) is 18.3. The van der Waals surface area contributed by atoms with Crippen LogP contribution in [0.3, 0.4) is 0 Å². The number of aliphatic hydroxyl groups is 1. The highest BCUT2D eigenvalue weighted by Crippen LogP contribution is 2.27. The predicted octanol–water partition coefficient (Wildman–Crippen LogP) is 4.09. The monoisotopic (exact) mass is 463 g/mol. The molecule has 0 aliphatic rings. The molecule has 0 fully saturated rings. The number of rotatable bonds is 6. The highest BCUT2D eigenvalue weighted by atomic mass is 35.5.